The van der Waals surface area contributed by atoms with Crippen LogP contribution in [0.25, 0.3) is 0 Å². The zero-order valence-electron chi connectivity index (χ0n) is 10.8. The van der Waals surface area contributed by atoms with Crippen molar-refractivity contribution in [1.29, 1.82) is 0 Å². The van der Waals surface area contributed by atoms with Gasteiger partial charge in [0.15, 0.2) is 0 Å². The van der Waals surface area contributed by atoms with E-state index in [-0.39, 0.29) is 5.82 Å². The molecular formula is C16H17FN2. The fraction of sp³-hybridized carbons (Fsp3) is 0.250. The monoisotopic (exact) mass is 256 g/mol. The molecular weight excluding hydrogens is 239 g/mol. The van der Waals surface area contributed by atoms with Gasteiger partial charge in [0.1, 0.15) is 5.82 Å². The Morgan fingerprint density at radius 1 is 1.00 bits per heavy atom. The molecule has 0 aromatic heterocycles. The highest BCUT2D eigenvalue weighted by Gasteiger charge is 2.22. The van der Waals surface area contributed by atoms with Crippen LogP contribution >= 0.6 is 0 Å². The molecule has 2 aromatic carbocycles. The number of nitrogens with two attached hydrogens (primary N) is 1. The number of halogens is 1. The highest BCUT2D eigenvalue weighted by Crippen LogP contribution is 2.32. The van der Waals surface area contributed by atoms with Gasteiger partial charge in [-0.15, -0.1) is 0 Å². The summed E-state index contributed by atoms with van der Waals surface area (Å²) in [5.74, 6) is -0.154. The highest BCUT2D eigenvalue weighted by molar-refractivity contribution is 5.58. The van der Waals surface area contributed by atoms with Crippen molar-refractivity contribution in [2.75, 3.05) is 11.4 Å². The first-order valence-corrected chi connectivity index (χ1v) is 6.59. The number of rotatable bonds is 3. The summed E-state index contributed by atoms with van der Waals surface area (Å²) in [6, 6.07) is 13.5. The molecule has 0 amide bonds. The standard InChI is InChI=1S/C16H17FN2/c17-15-7-3-6-12(8-9-18)16(15)19-10-13-4-1-2-5-14(13)11-19/h1-7H,8-11,18H2. The molecule has 0 fully saturated rings. The van der Waals surface area contributed by atoms with Gasteiger partial charge in [-0.3, -0.25) is 0 Å². The molecule has 2 aromatic rings. The summed E-state index contributed by atoms with van der Waals surface area (Å²) in [6.07, 6.45) is 0.708. The number of nitrogens with zero attached hydrogens (tertiary/aromatic N) is 1. The SMILES string of the molecule is NCCc1cccc(F)c1N1Cc2ccccc2C1. The smallest absolute Gasteiger partial charge is 0.146 e. The number of hydrogen-bond donors (Lipinski definition) is 1. The normalized spacial score (nSPS) is 13.7. The van der Waals surface area contributed by atoms with Gasteiger partial charge < -0.3 is 10.6 Å². The summed E-state index contributed by atoms with van der Waals surface area (Å²) in [5, 5.41) is 0. The molecule has 3 rings (SSSR count). The van der Waals surface area contributed by atoms with Crippen LogP contribution in [-0.2, 0) is 19.5 Å². The highest BCUT2D eigenvalue weighted by atomic mass is 19.1. The molecule has 0 aliphatic carbocycles. The summed E-state index contributed by atoms with van der Waals surface area (Å²) in [7, 11) is 0. The van der Waals surface area contributed by atoms with Crippen LogP contribution in [0.3, 0.4) is 0 Å². The third kappa shape index (κ3) is 2.22. The van der Waals surface area contributed by atoms with Crippen molar-refractivity contribution in [2.45, 2.75) is 19.5 Å². The second kappa shape index (κ2) is 5.02. The Morgan fingerprint density at radius 2 is 1.68 bits per heavy atom. The van der Waals surface area contributed by atoms with E-state index in [0.717, 1.165) is 18.7 Å². The van der Waals surface area contributed by atoms with Crippen LogP contribution in [0.2, 0.25) is 0 Å². The summed E-state index contributed by atoms with van der Waals surface area (Å²) >= 11 is 0. The van der Waals surface area contributed by atoms with Gasteiger partial charge in [-0.1, -0.05) is 36.4 Å². The maximum absolute atomic E-state index is 14.2. The Bertz CT molecular complexity index is 570. The minimum absolute atomic E-state index is 0.154. The van der Waals surface area contributed by atoms with Crippen molar-refractivity contribution in [3.63, 3.8) is 0 Å². The Labute approximate surface area is 112 Å². The van der Waals surface area contributed by atoms with E-state index in [1.807, 2.05) is 18.2 Å². The van der Waals surface area contributed by atoms with Crippen molar-refractivity contribution in [2.24, 2.45) is 5.73 Å². The topological polar surface area (TPSA) is 29.3 Å². The molecule has 2 N–H and O–H groups in total. The van der Waals surface area contributed by atoms with Crippen LogP contribution < -0.4 is 10.6 Å². The third-order valence-corrected chi connectivity index (χ3v) is 3.64. The second-order valence-corrected chi connectivity index (χ2v) is 4.91. The van der Waals surface area contributed by atoms with Crippen molar-refractivity contribution in [3.05, 3.63) is 65.0 Å². The first-order chi connectivity index (χ1) is 9.29. The van der Waals surface area contributed by atoms with Crippen molar-refractivity contribution < 1.29 is 4.39 Å². The predicted molar refractivity (Wildman–Crippen MR) is 75.5 cm³/mol. The van der Waals surface area contributed by atoms with E-state index in [1.165, 1.54) is 17.2 Å². The molecule has 98 valence electrons. The Morgan fingerprint density at radius 3 is 2.32 bits per heavy atom. The van der Waals surface area contributed by atoms with Crippen molar-refractivity contribution >= 4 is 5.69 Å². The maximum Gasteiger partial charge on any atom is 0.146 e. The average Bonchev–Trinajstić information content (AvgIpc) is 2.82. The van der Waals surface area contributed by atoms with Gasteiger partial charge >= 0.3 is 0 Å². The lowest BCUT2D eigenvalue weighted by Crippen LogP contribution is -2.19. The van der Waals surface area contributed by atoms with E-state index in [9.17, 15) is 4.39 Å². The minimum Gasteiger partial charge on any atom is -0.360 e. The lowest BCUT2D eigenvalue weighted by molar-refractivity contribution is 0.616. The maximum atomic E-state index is 14.2. The molecule has 1 aliphatic rings. The van der Waals surface area contributed by atoms with Crippen molar-refractivity contribution in [3.8, 4) is 0 Å². The lowest BCUT2D eigenvalue weighted by Gasteiger charge is -2.22. The van der Waals surface area contributed by atoms with Crippen LogP contribution in [0.5, 0.6) is 0 Å². The largest absolute Gasteiger partial charge is 0.360 e. The first kappa shape index (κ1) is 12.2. The third-order valence-electron chi connectivity index (χ3n) is 3.64. The minimum atomic E-state index is -0.154. The quantitative estimate of drug-likeness (QED) is 0.915. The van der Waals surface area contributed by atoms with Crippen molar-refractivity contribution in [1.82, 2.24) is 0 Å². The Hall–Kier alpha value is -1.87. The molecule has 0 saturated heterocycles. The van der Waals surface area contributed by atoms with Gasteiger partial charge in [0.05, 0.1) is 5.69 Å². The predicted octanol–water partition coefficient (Wildman–Crippen LogP) is 2.85. The summed E-state index contributed by atoms with van der Waals surface area (Å²) in [6.45, 7) is 2.08. The molecule has 0 unspecified atom stereocenters. The van der Waals surface area contributed by atoms with E-state index in [1.54, 1.807) is 6.07 Å². The number of hydrogen-bond acceptors (Lipinski definition) is 2. The molecule has 0 bridgehead atoms. The molecule has 0 saturated carbocycles. The van der Waals surface area contributed by atoms with Gasteiger partial charge in [0.25, 0.3) is 0 Å². The van der Waals surface area contributed by atoms with E-state index < -0.39 is 0 Å². The molecule has 2 nitrogen and oxygen atoms in total. The molecule has 0 radical (unpaired) electrons. The fourth-order valence-electron chi connectivity index (χ4n) is 2.76. The summed E-state index contributed by atoms with van der Waals surface area (Å²) < 4.78 is 14.2. The number of benzene rings is 2. The van der Waals surface area contributed by atoms with Gasteiger partial charge in [0.2, 0.25) is 0 Å². The lowest BCUT2D eigenvalue weighted by atomic mass is 10.1. The van der Waals surface area contributed by atoms with E-state index in [0.29, 0.717) is 18.7 Å². The van der Waals surface area contributed by atoms with E-state index >= 15 is 0 Å². The fourth-order valence-corrected chi connectivity index (χ4v) is 2.76. The molecule has 1 aliphatic heterocycles. The second-order valence-electron chi connectivity index (χ2n) is 4.91. The van der Waals surface area contributed by atoms with Crippen LogP contribution in [-0.4, -0.2) is 6.54 Å². The molecule has 3 heteroatoms. The molecule has 1 heterocycles. The van der Waals surface area contributed by atoms with Crippen LogP contribution in [0.15, 0.2) is 42.5 Å². The Kier molecular flexibility index (Phi) is 3.22. The Balaban J connectivity index is 1.96. The zero-order valence-corrected chi connectivity index (χ0v) is 10.8. The molecule has 19 heavy (non-hydrogen) atoms. The van der Waals surface area contributed by atoms with E-state index in [2.05, 4.69) is 17.0 Å². The van der Waals surface area contributed by atoms with Gasteiger partial charge in [0, 0.05) is 13.1 Å². The van der Waals surface area contributed by atoms with Gasteiger partial charge in [-0.25, -0.2) is 4.39 Å². The average molecular weight is 256 g/mol. The number of para-hydroxylation sites is 1. The van der Waals surface area contributed by atoms with E-state index in [4.69, 9.17) is 5.73 Å². The zero-order chi connectivity index (χ0) is 13.2. The number of fused-ring (bicyclic) bond motifs is 1. The van der Waals surface area contributed by atoms with Crippen LogP contribution in [0.4, 0.5) is 10.1 Å². The number of anilines is 1. The van der Waals surface area contributed by atoms with Gasteiger partial charge in [-0.2, -0.15) is 0 Å². The molecule has 0 atom stereocenters. The summed E-state index contributed by atoms with van der Waals surface area (Å²) in [4.78, 5) is 2.10. The van der Waals surface area contributed by atoms with Gasteiger partial charge in [-0.05, 0) is 35.7 Å². The molecule has 0 spiro atoms. The van der Waals surface area contributed by atoms with Crippen LogP contribution in [0.1, 0.15) is 16.7 Å². The first-order valence-electron chi connectivity index (χ1n) is 6.59. The van der Waals surface area contributed by atoms with Crippen LogP contribution in [0, 0.1) is 5.82 Å². The summed E-state index contributed by atoms with van der Waals surface area (Å²) in [5.41, 5.74) is 9.89.